The molecule has 0 aliphatic carbocycles. The Balaban J connectivity index is 1.99. The number of thiophene rings is 1. The Kier molecular flexibility index (Phi) is 5.39. The van der Waals surface area contributed by atoms with E-state index in [0.29, 0.717) is 18.9 Å². The number of carboxylic acids is 1. The number of nitrogens with zero attached hydrogens (tertiary/aromatic N) is 1. The predicted octanol–water partition coefficient (Wildman–Crippen LogP) is 3.34. The summed E-state index contributed by atoms with van der Waals surface area (Å²) in [4.78, 5) is 27.3. The van der Waals surface area contributed by atoms with Gasteiger partial charge in [0, 0.05) is 24.4 Å². The molecule has 5 heteroatoms. The minimum absolute atomic E-state index is 0.114. The number of amides is 1. The van der Waals surface area contributed by atoms with Crippen molar-refractivity contribution >= 4 is 23.2 Å². The number of rotatable bonds is 5. The lowest BCUT2D eigenvalue weighted by molar-refractivity contribution is -0.137. The Hall–Kier alpha value is -1.36. The van der Waals surface area contributed by atoms with Gasteiger partial charge in [0.15, 0.2) is 0 Å². The number of hydrogen-bond donors (Lipinski definition) is 1. The monoisotopic (exact) mass is 309 g/mol. The summed E-state index contributed by atoms with van der Waals surface area (Å²) in [6.07, 6.45) is 3.83. The summed E-state index contributed by atoms with van der Waals surface area (Å²) < 4.78 is 0. The van der Waals surface area contributed by atoms with Crippen LogP contribution in [0.5, 0.6) is 0 Å². The second-order valence-electron chi connectivity index (χ2n) is 5.76. The maximum Gasteiger partial charge on any atom is 0.303 e. The first-order chi connectivity index (χ1) is 10.0. The molecule has 21 heavy (non-hydrogen) atoms. The first-order valence-corrected chi connectivity index (χ1v) is 8.43. The number of carboxylic acid groups (broad SMARTS) is 1. The van der Waals surface area contributed by atoms with Crippen LogP contribution in [0, 0.1) is 12.8 Å². The lowest BCUT2D eigenvalue weighted by atomic mass is 9.93. The van der Waals surface area contributed by atoms with Gasteiger partial charge in [0.25, 0.3) is 5.91 Å². The van der Waals surface area contributed by atoms with Crippen molar-refractivity contribution < 1.29 is 14.7 Å². The quantitative estimate of drug-likeness (QED) is 0.907. The van der Waals surface area contributed by atoms with Crippen molar-refractivity contribution in [3.8, 4) is 0 Å². The van der Waals surface area contributed by atoms with Crippen LogP contribution in [-0.2, 0) is 11.2 Å². The number of likely N-dealkylation sites (tertiary alicyclic amines) is 1. The van der Waals surface area contributed by atoms with Crippen molar-refractivity contribution in [3.05, 3.63) is 21.4 Å². The standard InChI is InChI=1S/C16H23NO3S/c1-3-13-11(2)9-14(21-13)16(20)17-8-4-5-12(10-17)6-7-15(18)19/h9,12H,3-8,10H2,1-2H3,(H,18,19). The molecule has 2 rings (SSSR count). The largest absolute Gasteiger partial charge is 0.481 e. The average molecular weight is 309 g/mol. The number of aryl methyl sites for hydroxylation is 2. The summed E-state index contributed by atoms with van der Waals surface area (Å²) in [6, 6.07) is 1.99. The van der Waals surface area contributed by atoms with Gasteiger partial charge in [-0.25, -0.2) is 0 Å². The smallest absolute Gasteiger partial charge is 0.303 e. The van der Waals surface area contributed by atoms with Gasteiger partial charge >= 0.3 is 5.97 Å². The molecule has 0 spiro atoms. The van der Waals surface area contributed by atoms with E-state index in [4.69, 9.17) is 5.11 Å². The van der Waals surface area contributed by atoms with E-state index in [1.54, 1.807) is 11.3 Å². The van der Waals surface area contributed by atoms with Crippen LogP contribution in [0.1, 0.15) is 52.7 Å². The van der Waals surface area contributed by atoms with Gasteiger partial charge in [0.05, 0.1) is 4.88 Å². The third-order valence-electron chi connectivity index (χ3n) is 4.13. The molecular weight excluding hydrogens is 286 g/mol. The van der Waals surface area contributed by atoms with E-state index in [1.165, 1.54) is 10.4 Å². The molecule has 1 N–H and O–H groups in total. The van der Waals surface area contributed by atoms with Crippen LogP contribution in [-0.4, -0.2) is 35.0 Å². The zero-order valence-corrected chi connectivity index (χ0v) is 13.5. The molecule has 116 valence electrons. The number of carbonyl (C=O) groups excluding carboxylic acids is 1. The Morgan fingerprint density at radius 1 is 1.48 bits per heavy atom. The maximum absolute atomic E-state index is 12.6. The van der Waals surface area contributed by atoms with Crippen molar-refractivity contribution in [1.82, 2.24) is 4.90 Å². The van der Waals surface area contributed by atoms with Crippen molar-refractivity contribution in [2.45, 2.75) is 46.0 Å². The molecule has 1 amide bonds. The minimum atomic E-state index is -0.750. The fourth-order valence-electron chi connectivity index (χ4n) is 2.94. The molecule has 1 aliphatic heterocycles. The van der Waals surface area contributed by atoms with Crippen LogP contribution in [0.3, 0.4) is 0 Å². The average Bonchev–Trinajstić information content (AvgIpc) is 2.85. The van der Waals surface area contributed by atoms with Gasteiger partial charge in [0.2, 0.25) is 0 Å². The zero-order chi connectivity index (χ0) is 15.4. The topological polar surface area (TPSA) is 57.6 Å². The van der Waals surface area contributed by atoms with E-state index in [0.717, 1.165) is 30.7 Å². The molecule has 1 aliphatic rings. The third kappa shape index (κ3) is 4.06. The number of aliphatic carboxylic acids is 1. The number of hydrogen-bond acceptors (Lipinski definition) is 3. The molecule has 1 aromatic heterocycles. The van der Waals surface area contributed by atoms with Crippen molar-refractivity contribution in [1.29, 1.82) is 0 Å². The molecule has 1 aromatic rings. The fraction of sp³-hybridized carbons (Fsp3) is 0.625. The van der Waals surface area contributed by atoms with Crippen LogP contribution in [0.25, 0.3) is 0 Å². The Morgan fingerprint density at radius 2 is 2.24 bits per heavy atom. The van der Waals surface area contributed by atoms with Crippen LogP contribution in [0.15, 0.2) is 6.07 Å². The van der Waals surface area contributed by atoms with E-state index >= 15 is 0 Å². The van der Waals surface area contributed by atoms with Gasteiger partial charge in [-0.15, -0.1) is 11.3 Å². The molecule has 1 saturated heterocycles. The number of carbonyl (C=O) groups is 2. The Labute approximate surface area is 129 Å². The summed E-state index contributed by atoms with van der Waals surface area (Å²) in [7, 11) is 0. The highest BCUT2D eigenvalue weighted by Gasteiger charge is 2.26. The molecule has 1 atom stereocenters. The first kappa shape index (κ1) is 16.0. The Bertz CT molecular complexity index is 524. The van der Waals surface area contributed by atoms with Gasteiger partial charge in [-0.05, 0) is 50.2 Å². The van der Waals surface area contributed by atoms with Gasteiger partial charge in [-0.3, -0.25) is 9.59 Å². The van der Waals surface area contributed by atoms with E-state index < -0.39 is 5.97 Å². The second-order valence-corrected chi connectivity index (χ2v) is 6.90. The molecule has 1 fully saturated rings. The van der Waals surface area contributed by atoms with Crippen LogP contribution in [0.2, 0.25) is 0 Å². The highest BCUT2D eigenvalue weighted by molar-refractivity contribution is 7.14. The summed E-state index contributed by atoms with van der Waals surface area (Å²) in [6.45, 7) is 5.65. The van der Waals surface area contributed by atoms with Crippen molar-refractivity contribution in [2.24, 2.45) is 5.92 Å². The third-order valence-corrected chi connectivity index (χ3v) is 5.49. The highest BCUT2D eigenvalue weighted by Crippen LogP contribution is 2.27. The molecule has 1 unspecified atom stereocenters. The molecule has 2 heterocycles. The molecule has 4 nitrogen and oxygen atoms in total. The van der Waals surface area contributed by atoms with Crippen LogP contribution in [0.4, 0.5) is 0 Å². The lowest BCUT2D eigenvalue weighted by Gasteiger charge is -2.32. The highest BCUT2D eigenvalue weighted by atomic mass is 32.1. The second kappa shape index (κ2) is 7.07. The van der Waals surface area contributed by atoms with Gasteiger partial charge < -0.3 is 10.0 Å². The van der Waals surface area contributed by atoms with E-state index in [9.17, 15) is 9.59 Å². The predicted molar refractivity (Wildman–Crippen MR) is 83.9 cm³/mol. The van der Waals surface area contributed by atoms with Gasteiger partial charge in [0.1, 0.15) is 0 Å². The van der Waals surface area contributed by atoms with Gasteiger partial charge in [-0.1, -0.05) is 6.92 Å². The lowest BCUT2D eigenvalue weighted by Crippen LogP contribution is -2.39. The summed E-state index contributed by atoms with van der Waals surface area (Å²) in [5.41, 5.74) is 1.20. The molecule has 0 saturated carbocycles. The first-order valence-electron chi connectivity index (χ1n) is 7.61. The molecular formula is C16H23NO3S. The molecule has 0 radical (unpaired) electrons. The minimum Gasteiger partial charge on any atom is -0.481 e. The van der Waals surface area contributed by atoms with E-state index in [1.807, 2.05) is 11.0 Å². The molecule has 0 aromatic carbocycles. The normalized spacial score (nSPS) is 18.8. The van der Waals surface area contributed by atoms with Gasteiger partial charge in [-0.2, -0.15) is 0 Å². The van der Waals surface area contributed by atoms with E-state index in [-0.39, 0.29) is 12.3 Å². The summed E-state index contributed by atoms with van der Waals surface area (Å²) in [5, 5.41) is 8.78. The Morgan fingerprint density at radius 3 is 2.86 bits per heavy atom. The summed E-state index contributed by atoms with van der Waals surface area (Å²) in [5.74, 6) is -0.312. The maximum atomic E-state index is 12.6. The molecule has 0 bridgehead atoms. The fourth-order valence-corrected chi connectivity index (χ4v) is 4.03. The van der Waals surface area contributed by atoms with E-state index in [2.05, 4.69) is 13.8 Å². The number of piperidine rings is 1. The SMILES string of the molecule is CCc1sc(C(=O)N2CCCC(CCC(=O)O)C2)cc1C. The van der Waals surface area contributed by atoms with Crippen molar-refractivity contribution in [3.63, 3.8) is 0 Å². The zero-order valence-electron chi connectivity index (χ0n) is 12.7. The summed E-state index contributed by atoms with van der Waals surface area (Å²) >= 11 is 1.60. The van der Waals surface area contributed by atoms with Crippen molar-refractivity contribution in [2.75, 3.05) is 13.1 Å². The van der Waals surface area contributed by atoms with Crippen LogP contribution >= 0.6 is 11.3 Å². The van der Waals surface area contributed by atoms with Crippen LogP contribution < -0.4 is 0 Å².